The zero-order valence-electron chi connectivity index (χ0n) is 10.3. The van der Waals surface area contributed by atoms with Crippen molar-refractivity contribution in [3.63, 3.8) is 0 Å². The fraction of sp³-hybridized carbons (Fsp3) is 0.286. The third kappa shape index (κ3) is 2.76. The molecule has 3 nitrogen and oxygen atoms in total. The lowest BCUT2D eigenvalue weighted by Crippen LogP contribution is -2.01. The van der Waals surface area contributed by atoms with Crippen LogP contribution in [0.25, 0.3) is 0 Å². The van der Waals surface area contributed by atoms with E-state index in [0.717, 1.165) is 16.3 Å². The van der Waals surface area contributed by atoms with Crippen molar-refractivity contribution in [2.75, 3.05) is 0 Å². The van der Waals surface area contributed by atoms with Crippen molar-refractivity contribution in [1.82, 2.24) is 4.98 Å². The van der Waals surface area contributed by atoms with Crippen molar-refractivity contribution in [2.24, 2.45) is 0 Å². The monoisotopic (exact) mass is 258 g/mol. The Balaban J connectivity index is 2.16. The summed E-state index contributed by atoms with van der Waals surface area (Å²) in [6, 6.07) is 9.14. The number of nitriles is 1. The van der Waals surface area contributed by atoms with Gasteiger partial charge < -0.3 is 5.11 Å². The second kappa shape index (κ2) is 5.30. The van der Waals surface area contributed by atoms with E-state index in [1.54, 1.807) is 29.5 Å². The van der Waals surface area contributed by atoms with E-state index < -0.39 is 6.10 Å². The van der Waals surface area contributed by atoms with Gasteiger partial charge in [0.2, 0.25) is 0 Å². The number of aliphatic hydroxyl groups is 1. The van der Waals surface area contributed by atoms with Crippen LogP contribution in [-0.2, 0) is 6.42 Å². The smallest absolute Gasteiger partial charge is 0.0991 e. The number of hydrogen-bond acceptors (Lipinski definition) is 4. The molecule has 1 aromatic carbocycles. The fourth-order valence-electron chi connectivity index (χ4n) is 1.73. The molecule has 1 unspecified atom stereocenters. The van der Waals surface area contributed by atoms with Crippen LogP contribution in [0.5, 0.6) is 0 Å². The molecule has 0 aliphatic carbocycles. The molecule has 2 aromatic rings. The number of hydrogen-bond donors (Lipinski definition) is 1. The van der Waals surface area contributed by atoms with Gasteiger partial charge in [0.15, 0.2) is 0 Å². The van der Waals surface area contributed by atoms with Gasteiger partial charge in [-0.05, 0) is 31.5 Å². The highest BCUT2D eigenvalue weighted by Crippen LogP contribution is 2.23. The minimum absolute atomic E-state index is 0.494. The largest absolute Gasteiger partial charge is 0.388 e. The molecule has 0 bridgehead atoms. The Hall–Kier alpha value is -1.70. The number of rotatable bonds is 3. The lowest BCUT2D eigenvalue weighted by molar-refractivity contribution is 0.178. The summed E-state index contributed by atoms with van der Waals surface area (Å²) in [6.45, 7) is 4.00. The molecular formula is C14H14N2OS. The van der Waals surface area contributed by atoms with Gasteiger partial charge in [0.1, 0.15) is 0 Å². The SMILES string of the molecule is Cc1nc(CC(O)c2cccc(C#N)c2)sc1C. The Morgan fingerprint density at radius 2 is 2.22 bits per heavy atom. The number of thiazole rings is 1. The van der Waals surface area contributed by atoms with Gasteiger partial charge in [0, 0.05) is 11.3 Å². The van der Waals surface area contributed by atoms with Gasteiger partial charge in [0.05, 0.1) is 28.4 Å². The molecule has 92 valence electrons. The first-order valence-corrected chi connectivity index (χ1v) is 6.53. The van der Waals surface area contributed by atoms with E-state index in [2.05, 4.69) is 11.1 Å². The zero-order valence-corrected chi connectivity index (χ0v) is 11.2. The second-order valence-electron chi connectivity index (χ2n) is 4.21. The van der Waals surface area contributed by atoms with Gasteiger partial charge in [-0.3, -0.25) is 0 Å². The third-order valence-corrected chi connectivity index (χ3v) is 3.94. The topological polar surface area (TPSA) is 56.9 Å². The van der Waals surface area contributed by atoms with Crippen molar-refractivity contribution < 1.29 is 5.11 Å². The van der Waals surface area contributed by atoms with E-state index in [1.807, 2.05) is 19.9 Å². The number of nitrogens with zero attached hydrogens (tertiary/aromatic N) is 2. The minimum Gasteiger partial charge on any atom is -0.388 e. The molecule has 2 rings (SSSR count). The molecule has 1 heterocycles. The summed E-state index contributed by atoms with van der Waals surface area (Å²) in [5, 5.41) is 19.9. The number of aliphatic hydroxyl groups excluding tert-OH is 1. The van der Waals surface area contributed by atoms with E-state index in [-0.39, 0.29) is 0 Å². The first-order chi connectivity index (χ1) is 8.60. The molecule has 0 spiro atoms. The number of aryl methyl sites for hydroxylation is 2. The first-order valence-electron chi connectivity index (χ1n) is 5.71. The highest BCUT2D eigenvalue weighted by molar-refractivity contribution is 7.11. The minimum atomic E-state index is -0.608. The quantitative estimate of drug-likeness (QED) is 0.921. The molecule has 0 saturated carbocycles. The molecule has 0 saturated heterocycles. The summed E-state index contributed by atoms with van der Waals surface area (Å²) in [4.78, 5) is 5.60. The molecule has 0 radical (unpaired) electrons. The number of benzene rings is 1. The van der Waals surface area contributed by atoms with Crippen LogP contribution in [0, 0.1) is 25.2 Å². The Bertz CT molecular complexity index is 579. The molecule has 1 aromatic heterocycles. The Morgan fingerprint density at radius 3 is 2.83 bits per heavy atom. The standard InChI is InChI=1S/C14H14N2OS/c1-9-10(2)18-14(16-9)7-13(17)12-5-3-4-11(6-12)8-15/h3-6,13,17H,7H2,1-2H3. The van der Waals surface area contributed by atoms with Gasteiger partial charge in [-0.25, -0.2) is 4.98 Å². The molecule has 1 atom stereocenters. The van der Waals surface area contributed by atoms with Crippen LogP contribution in [0.3, 0.4) is 0 Å². The van der Waals surface area contributed by atoms with E-state index in [0.29, 0.717) is 12.0 Å². The average molecular weight is 258 g/mol. The molecule has 1 N–H and O–H groups in total. The summed E-state index contributed by atoms with van der Waals surface area (Å²) >= 11 is 1.61. The normalized spacial score (nSPS) is 12.1. The average Bonchev–Trinajstić information content (AvgIpc) is 2.68. The third-order valence-electron chi connectivity index (χ3n) is 2.84. The molecule has 0 fully saturated rings. The van der Waals surface area contributed by atoms with Gasteiger partial charge in [-0.2, -0.15) is 5.26 Å². The Kier molecular flexibility index (Phi) is 3.75. The predicted molar refractivity (Wildman–Crippen MR) is 71.4 cm³/mol. The van der Waals surface area contributed by atoms with Crippen molar-refractivity contribution in [2.45, 2.75) is 26.4 Å². The predicted octanol–water partition coefficient (Wildman–Crippen LogP) is 2.91. The Morgan fingerprint density at radius 1 is 1.44 bits per heavy atom. The maximum absolute atomic E-state index is 10.2. The number of aromatic nitrogens is 1. The summed E-state index contributed by atoms with van der Waals surface area (Å²) in [5.41, 5.74) is 2.35. The molecule has 0 amide bonds. The first kappa shape index (κ1) is 12.7. The van der Waals surface area contributed by atoms with Crippen LogP contribution in [0.15, 0.2) is 24.3 Å². The van der Waals surface area contributed by atoms with Crippen LogP contribution >= 0.6 is 11.3 Å². The lowest BCUT2D eigenvalue weighted by atomic mass is 10.0. The zero-order chi connectivity index (χ0) is 13.1. The highest BCUT2D eigenvalue weighted by Gasteiger charge is 2.12. The molecule has 18 heavy (non-hydrogen) atoms. The van der Waals surface area contributed by atoms with Crippen LogP contribution in [0.2, 0.25) is 0 Å². The fourth-order valence-corrected chi connectivity index (χ4v) is 2.70. The molecule has 4 heteroatoms. The van der Waals surface area contributed by atoms with Gasteiger partial charge >= 0.3 is 0 Å². The van der Waals surface area contributed by atoms with Crippen molar-refractivity contribution in [3.8, 4) is 6.07 Å². The van der Waals surface area contributed by atoms with Crippen molar-refractivity contribution >= 4 is 11.3 Å². The van der Waals surface area contributed by atoms with Gasteiger partial charge in [-0.15, -0.1) is 11.3 Å². The van der Waals surface area contributed by atoms with E-state index in [1.165, 1.54) is 4.88 Å². The summed E-state index contributed by atoms with van der Waals surface area (Å²) in [6.07, 6.45) is -0.114. The van der Waals surface area contributed by atoms with Crippen LogP contribution in [0.4, 0.5) is 0 Å². The van der Waals surface area contributed by atoms with Crippen molar-refractivity contribution in [3.05, 3.63) is 51.0 Å². The summed E-state index contributed by atoms with van der Waals surface area (Å²) < 4.78 is 0. The van der Waals surface area contributed by atoms with Crippen LogP contribution in [-0.4, -0.2) is 10.1 Å². The molecule has 0 aliphatic rings. The maximum atomic E-state index is 10.2. The van der Waals surface area contributed by atoms with Crippen LogP contribution < -0.4 is 0 Å². The summed E-state index contributed by atoms with van der Waals surface area (Å²) in [5.74, 6) is 0. The molecule has 0 aliphatic heterocycles. The molecular weight excluding hydrogens is 244 g/mol. The second-order valence-corrected chi connectivity index (χ2v) is 5.49. The lowest BCUT2D eigenvalue weighted by Gasteiger charge is -2.09. The maximum Gasteiger partial charge on any atom is 0.0991 e. The van der Waals surface area contributed by atoms with Crippen molar-refractivity contribution in [1.29, 1.82) is 5.26 Å². The Labute approximate surface area is 110 Å². The van der Waals surface area contributed by atoms with E-state index in [9.17, 15) is 5.11 Å². The highest BCUT2D eigenvalue weighted by atomic mass is 32.1. The summed E-state index contributed by atoms with van der Waals surface area (Å²) in [7, 11) is 0. The van der Waals surface area contributed by atoms with Crippen LogP contribution in [0.1, 0.15) is 32.8 Å². The van der Waals surface area contributed by atoms with Gasteiger partial charge in [0.25, 0.3) is 0 Å². The van der Waals surface area contributed by atoms with E-state index >= 15 is 0 Å². The van der Waals surface area contributed by atoms with E-state index in [4.69, 9.17) is 5.26 Å². The van der Waals surface area contributed by atoms with Gasteiger partial charge in [-0.1, -0.05) is 12.1 Å².